The lowest BCUT2D eigenvalue weighted by Gasteiger charge is -2.35. The van der Waals surface area contributed by atoms with E-state index >= 15 is 0 Å². The summed E-state index contributed by atoms with van der Waals surface area (Å²) in [7, 11) is -0.755. The average molecular weight is 726 g/mol. The maximum Gasteiger partial charge on any atom is 0.207 e. The molecule has 0 radical (unpaired) electrons. The standard InChI is InChI=1S/C52H42N2P/c1-3-21-48-43(4-2)46-36-41(31-33-49(46)52(48,40-26-15-9-16-27-40)55-34-19-10-20-35-55)54(53)42-30-32-45-44-28-17-18-29-47(44)51(50(45)37-42,39-24-13-8-14-25-39)38-22-11-6-5-7-12-23-38/h3-10,13-37H,2,11,53H2,1H3/q+1/b6-5-,21-3-,38-22+. The Balaban J connectivity index is 1.24. The molecule has 3 aliphatic rings. The fraction of sp³-hybridized carbons (Fsp3) is 0.0769. The molecule has 0 saturated heterocycles. The zero-order chi connectivity index (χ0) is 37.4. The molecule has 2 unspecified atom stereocenters. The number of hydrogen-bond donors (Lipinski definition) is 1. The molecule has 2 nitrogen and oxygen atoms in total. The summed E-state index contributed by atoms with van der Waals surface area (Å²) < 4.78 is 0. The summed E-state index contributed by atoms with van der Waals surface area (Å²) >= 11 is 0. The molecule has 0 amide bonds. The van der Waals surface area contributed by atoms with Crippen molar-refractivity contribution in [3.8, 4) is 11.1 Å². The molecule has 5 aromatic carbocycles. The molecular weight excluding hydrogens is 684 g/mol. The van der Waals surface area contributed by atoms with Crippen LogP contribution in [0.1, 0.15) is 46.7 Å². The van der Waals surface area contributed by atoms with Crippen LogP contribution in [0.5, 0.6) is 0 Å². The Morgan fingerprint density at radius 1 is 0.709 bits per heavy atom. The molecule has 1 heterocycles. The molecule has 1 aromatic heterocycles. The normalized spacial score (nSPS) is 20.9. The Kier molecular flexibility index (Phi) is 8.89. The van der Waals surface area contributed by atoms with E-state index in [0.29, 0.717) is 0 Å². The Morgan fingerprint density at radius 3 is 2.15 bits per heavy atom. The third kappa shape index (κ3) is 5.26. The molecule has 0 aliphatic heterocycles. The number of hydrogen-bond acceptors (Lipinski definition) is 2. The van der Waals surface area contributed by atoms with E-state index in [0.717, 1.165) is 28.9 Å². The van der Waals surface area contributed by atoms with Crippen molar-refractivity contribution in [1.82, 2.24) is 0 Å². The van der Waals surface area contributed by atoms with Crippen LogP contribution in [-0.2, 0) is 10.6 Å². The minimum atomic E-state index is -0.755. The fourth-order valence-corrected chi connectivity index (χ4v) is 11.8. The maximum atomic E-state index is 7.27. The number of fused-ring (bicyclic) bond motifs is 4. The number of hydrazine groups is 1. The van der Waals surface area contributed by atoms with Gasteiger partial charge in [0, 0.05) is 16.7 Å². The molecule has 3 heteroatoms. The SMILES string of the molecule is C=CC1=C(/C=C\C)C(c2ccccc2)([p+]2ccccc2)c2ccc(N(N)c3ccc4c(c3)C(/C3=C/C/C=C\C=C=C3)(c3ccccc3)c3ccccc3-4)cc21. The van der Waals surface area contributed by atoms with E-state index in [1.165, 1.54) is 50.1 Å². The number of allylic oxidation sites excluding steroid dienone is 10. The number of benzene rings is 5. The lowest BCUT2D eigenvalue weighted by Crippen LogP contribution is -2.30. The van der Waals surface area contributed by atoms with Crippen molar-refractivity contribution < 1.29 is 0 Å². The van der Waals surface area contributed by atoms with Crippen molar-refractivity contribution in [3.63, 3.8) is 0 Å². The molecule has 2 N–H and O–H groups in total. The predicted octanol–water partition coefficient (Wildman–Crippen LogP) is 13.2. The third-order valence-corrected chi connectivity index (χ3v) is 14.0. The molecule has 55 heavy (non-hydrogen) atoms. The highest BCUT2D eigenvalue weighted by atomic mass is 31.1. The van der Waals surface area contributed by atoms with Crippen LogP contribution >= 0.6 is 7.53 Å². The van der Waals surface area contributed by atoms with Crippen molar-refractivity contribution in [1.29, 1.82) is 0 Å². The number of anilines is 2. The van der Waals surface area contributed by atoms with Gasteiger partial charge in [-0.05, 0) is 106 Å². The van der Waals surface area contributed by atoms with Gasteiger partial charge in [0.1, 0.15) is 19.1 Å². The van der Waals surface area contributed by atoms with Crippen molar-refractivity contribution in [3.05, 3.63) is 257 Å². The zero-order valence-electron chi connectivity index (χ0n) is 30.9. The van der Waals surface area contributed by atoms with E-state index in [1.54, 1.807) is 0 Å². The van der Waals surface area contributed by atoms with Crippen LogP contribution < -0.4 is 10.9 Å². The quantitative estimate of drug-likeness (QED) is 0.0962. The minimum Gasteiger partial charge on any atom is -0.280 e. The summed E-state index contributed by atoms with van der Waals surface area (Å²) in [4.78, 5) is 0. The molecule has 2 atom stereocenters. The minimum absolute atomic E-state index is 0.377. The van der Waals surface area contributed by atoms with Crippen molar-refractivity contribution >= 4 is 24.5 Å². The van der Waals surface area contributed by atoms with E-state index in [1.807, 2.05) is 17.2 Å². The maximum absolute atomic E-state index is 7.27. The first-order valence-electron chi connectivity index (χ1n) is 18.9. The van der Waals surface area contributed by atoms with Gasteiger partial charge in [-0.2, -0.15) is 0 Å². The molecular formula is C52H42N2P+. The van der Waals surface area contributed by atoms with Gasteiger partial charge in [-0.25, -0.2) is 5.84 Å². The number of nitrogens with two attached hydrogens (primary N) is 1. The van der Waals surface area contributed by atoms with E-state index in [9.17, 15) is 0 Å². The monoisotopic (exact) mass is 725 g/mol. The largest absolute Gasteiger partial charge is 0.280 e. The van der Waals surface area contributed by atoms with Crippen LogP contribution in [0.4, 0.5) is 11.4 Å². The van der Waals surface area contributed by atoms with Crippen molar-refractivity contribution in [2.45, 2.75) is 23.9 Å². The Bertz CT molecular complexity index is 2600. The highest BCUT2D eigenvalue weighted by Crippen LogP contribution is 2.65. The smallest absolute Gasteiger partial charge is 0.207 e. The van der Waals surface area contributed by atoms with Crippen LogP contribution in [0.25, 0.3) is 16.7 Å². The summed E-state index contributed by atoms with van der Waals surface area (Å²) in [5.41, 5.74) is 18.2. The second-order valence-corrected chi connectivity index (χ2v) is 16.3. The van der Waals surface area contributed by atoms with Gasteiger partial charge in [0.05, 0.1) is 16.8 Å². The van der Waals surface area contributed by atoms with Crippen molar-refractivity contribution in [2.75, 3.05) is 5.01 Å². The van der Waals surface area contributed by atoms with Gasteiger partial charge >= 0.3 is 0 Å². The molecule has 264 valence electrons. The average Bonchev–Trinajstić information content (AvgIpc) is 3.68. The highest BCUT2D eigenvalue weighted by molar-refractivity contribution is 7.50. The summed E-state index contributed by atoms with van der Waals surface area (Å²) in [6, 6.07) is 50.7. The van der Waals surface area contributed by atoms with Gasteiger partial charge in [-0.1, -0.05) is 146 Å². The third-order valence-electron chi connectivity index (χ3n) is 11.5. The number of nitrogens with zero attached hydrogens (tertiary/aromatic N) is 1. The van der Waals surface area contributed by atoms with E-state index in [2.05, 4.69) is 207 Å². The molecule has 0 saturated carbocycles. The van der Waals surface area contributed by atoms with E-state index in [4.69, 9.17) is 5.84 Å². The molecule has 0 bridgehead atoms. The van der Waals surface area contributed by atoms with Crippen LogP contribution in [0.15, 0.2) is 223 Å². The van der Waals surface area contributed by atoms with Crippen LogP contribution in [0.3, 0.4) is 0 Å². The summed E-state index contributed by atoms with van der Waals surface area (Å²) in [5.74, 6) is 12.0. The first-order valence-corrected chi connectivity index (χ1v) is 20.4. The summed E-state index contributed by atoms with van der Waals surface area (Å²) in [6.45, 7) is 6.48. The Morgan fingerprint density at radius 2 is 1.38 bits per heavy atom. The second-order valence-electron chi connectivity index (χ2n) is 14.2. The fourth-order valence-electron chi connectivity index (χ4n) is 9.24. The van der Waals surface area contributed by atoms with Crippen LogP contribution in [-0.4, -0.2) is 0 Å². The molecule has 9 rings (SSSR count). The Labute approximate surface area is 325 Å². The van der Waals surface area contributed by atoms with Crippen molar-refractivity contribution in [2.24, 2.45) is 5.84 Å². The van der Waals surface area contributed by atoms with Gasteiger partial charge < -0.3 is 0 Å². The van der Waals surface area contributed by atoms with Crippen LogP contribution in [0.2, 0.25) is 0 Å². The molecule has 3 aliphatic carbocycles. The summed E-state index contributed by atoms with van der Waals surface area (Å²) in [6.07, 6.45) is 18.1. The lowest BCUT2D eigenvalue weighted by atomic mass is 9.66. The van der Waals surface area contributed by atoms with E-state index in [-0.39, 0.29) is 5.16 Å². The Hall–Kier alpha value is -6.27. The number of rotatable bonds is 8. The molecule has 6 aromatic rings. The zero-order valence-corrected chi connectivity index (χ0v) is 31.8. The molecule has 0 spiro atoms. The topological polar surface area (TPSA) is 29.3 Å². The first-order chi connectivity index (χ1) is 27.1. The van der Waals surface area contributed by atoms with Gasteiger partial charge in [0.25, 0.3) is 0 Å². The van der Waals surface area contributed by atoms with Crippen LogP contribution in [0, 0.1) is 0 Å². The van der Waals surface area contributed by atoms with Gasteiger partial charge in [-0.3, -0.25) is 5.01 Å². The van der Waals surface area contributed by atoms with Gasteiger partial charge in [-0.15, -0.1) is 5.73 Å². The van der Waals surface area contributed by atoms with Gasteiger partial charge in [0.15, 0.2) is 0 Å². The summed E-state index contributed by atoms with van der Waals surface area (Å²) in [5, 5.41) is 1.47. The highest BCUT2D eigenvalue weighted by Gasteiger charge is 2.54. The van der Waals surface area contributed by atoms with E-state index < -0.39 is 12.9 Å². The second kappa shape index (κ2) is 14.2. The van der Waals surface area contributed by atoms with Gasteiger partial charge in [0.2, 0.25) is 5.16 Å². The lowest BCUT2D eigenvalue weighted by molar-refractivity contribution is 0.762. The predicted molar refractivity (Wildman–Crippen MR) is 234 cm³/mol. The molecule has 0 fully saturated rings. The first kappa shape index (κ1) is 34.5.